The highest BCUT2D eigenvalue weighted by molar-refractivity contribution is 5.84. The Hall–Kier alpha value is -2.90. The Bertz CT molecular complexity index is 636. The molecule has 8 heteroatoms. The molecule has 2 rings (SSSR count). The quantitative estimate of drug-likeness (QED) is 0.691. The zero-order valence-corrected chi connectivity index (χ0v) is 11.1. The molecule has 0 saturated carbocycles. The van der Waals surface area contributed by atoms with E-state index >= 15 is 0 Å². The second-order valence-electron chi connectivity index (χ2n) is 4.37. The molecule has 1 amide bonds. The second-order valence-corrected chi connectivity index (χ2v) is 4.37. The minimum atomic E-state index is -1.19. The average molecular weight is 290 g/mol. The summed E-state index contributed by atoms with van der Waals surface area (Å²) in [6.45, 7) is 0.347. The lowest BCUT2D eigenvalue weighted by Crippen LogP contribution is -2.29. The van der Waals surface area contributed by atoms with Crippen molar-refractivity contribution in [1.29, 1.82) is 0 Å². The summed E-state index contributed by atoms with van der Waals surface area (Å²) in [4.78, 5) is 22.3. The first kappa shape index (κ1) is 14.5. The topological polar surface area (TPSA) is 117 Å². The number of carbonyl (C=O) groups is 2. The molecule has 0 bridgehead atoms. The standard InChI is InChI=1S/C13H14N4O4/c18-10-3-1-9(2-4-10)5-6-14-12(19)8-17-7-11(13(20)21)15-16-17/h1-4,7,18H,5-6,8H2,(H,14,19)(H,20,21). The number of aromatic hydroxyl groups is 1. The molecule has 1 aromatic heterocycles. The predicted octanol–water partition coefficient (Wildman–Crippen LogP) is 0.0408. The van der Waals surface area contributed by atoms with Gasteiger partial charge in [0.2, 0.25) is 5.91 Å². The fourth-order valence-electron chi connectivity index (χ4n) is 1.69. The van der Waals surface area contributed by atoms with Crippen LogP contribution in [0.15, 0.2) is 30.5 Å². The first-order chi connectivity index (χ1) is 10.0. The number of hydrogen-bond acceptors (Lipinski definition) is 5. The van der Waals surface area contributed by atoms with E-state index < -0.39 is 5.97 Å². The lowest BCUT2D eigenvalue weighted by Gasteiger charge is -2.05. The summed E-state index contributed by atoms with van der Waals surface area (Å²) in [5.41, 5.74) is 0.786. The number of amides is 1. The van der Waals surface area contributed by atoms with Crippen LogP contribution >= 0.6 is 0 Å². The Morgan fingerprint density at radius 2 is 1.95 bits per heavy atom. The summed E-state index contributed by atoms with van der Waals surface area (Å²) in [6, 6.07) is 6.72. The second kappa shape index (κ2) is 6.51. The van der Waals surface area contributed by atoms with Crippen LogP contribution in [0, 0.1) is 0 Å². The number of nitrogens with zero attached hydrogens (tertiary/aromatic N) is 3. The Morgan fingerprint density at radius 3 is 2.57 bits per heavy atom. The summed E-state index contributed by atoms with van der Waals surface area (Å²) in [5, 5.41) is 27.5. The van der Waals surface area contributed by atoms with Crippen LogP contribution in [0.5, 0.6) is 5.75 Å². The number of carboxylic acids is 1. The van der Waals surface area contributed by atoms with Gasteiger partial charge < -0.3 is 15.5 Å². The molecule has 0 aliphatic rings. The van der Waals surface area contributed by atoms with Crippen molar-refractivity contribution in [2.24, 2.45) is 0 Å². The van der Waals surface area contributed by atoms with Crippen LogP contribution in [0.4, 0.5) is 0 Å². The number of rotatable bonds is 6. The number of benzene rings is 1. The monoisotopic (exact) mass is 290 g/mol. The van der Waals surface area contributed by atoms with Crippen LogP contribution < -0.4 is 5.32 Å². The average Bonchev–Trinajstić information content (AvgIpc) is 2.90. The van der Waals surface area contributed by atoms with Crippen LogP contribution in [-0.4, -0.2) is 43.6 Å². The maximum absolute atomic E-state index is 11.6. The third-order valence-electron chi connectivity index (χ3n) is 2.74. The zero-order chi connectivity index (χ0) is 15.2. The van der Waals surface area contributed by atoms with Crippen LogP contribution in [0.25, 0.3) is 0 Å². The largest absolute Gasteiger partial charge is 0.508 e. The molecule has 21 heavy (non-hydrogen) atoms. The van der Waals surface area contributed by atoms with E-state index in [1.807, 2.05) is 0 Å². The van der Waals surface area contributed by atoms with Crippen LogP contribution in [0.1, 0.15) is 16.1 Å². The zero-order valence-electron chi connectivity index (χ0n) is 11.1. The van der Waals surface area contributed by atoms with E-state index in [9.17, 15) is 9.59 Å². The molecule has 0 saturated heterocycles. The molecule has 110 valence electrons. The van der Waals surface area contributed by atoms with Crippen molar-refractivity contribution in [1.82, 2.24) is 20.3 Å². The highest BCUT2D eigenvalue weighted by Crippen LogP contribution is 2.09. The Labute approximate surface area is 120 Å². The fraction of sp³-hybridized carbons (Fsp3) is 0.231. The maximum atomic E-state index is 11.6. The number of carbonyl (C=O) groups excluding carboxylic acids is 1. The summed E-state index contributed by atoms with van der Waals surface area (Å²) in [7, 11) is 0. The van der Waals surface area contributed by atoms with Gasteiger partial charge in [-0.25, -0.2) is 9.48 Å². The molecule has 0 spiro atoms. The molecule has 0 aliphatic heterocycles. The van der Waals surface area contributed by atoms with Gasteiger partial charge in [0.1, 0.15) is 12.3 Å². The van der Waals surface area contributed by atoms with Crippen molar-refractivity contribution in [3.05, 3.63) is 41.7 Å². The first-order valence-electron chi connectivity index (χ1n) is 6.22. The SMILES string of the molecule is O=C(Cn1cc(C(=O)O)nn1)NCCc1ccc(O)cc1. The van der Waals surface area contributed by atoms with E-state index in [0.29, 0.717) is 13.0 Å². The van der Waals surface area contributed by atoms with Gasteiger partial charge in [-0.15, -0.1) is 5.10 Å². The molecule has 1 aromatic carbocycles. The number of aromatic nitrogens is 3. The molecule has 3 N–H and O–H groups in total. The molecule has 0 atom stereocenters. The van der Waals surface area contributed by atoms with Crippen LogP contribution in [0.2, 0.25) is 0 Å². The number of phenolic OH excluding ortho intramolecular Hbond substituents is 1. The van der Waals surface area contributed by atoms with E-state index in [4.69, 9.17) is 10.2 Å². The maximum Gasteiger partial charge on any atom is 0.358 e. The Morgan fingerprint density at radius 1 is 1.24 bits per heavy atom. The van der Waals surface area contributed by atoms with Gasteiger partial charge >= 0.3 is 5.97 Å². The lowest BCUT2D eigenvalue weighted by atomic mass is 10.1. The van der Waals surface area contributed by atoms with Crippen molar-refractivity contribution in [3.8, 4) is 5.75 Å². The molecule has 0 fully saturated rings. The van der Waals surface area contributed by atoms with E-state index in [-0.39, 0.29) is 23.9 Å². The highest BCUT2D eigenvalue weighted by Gasteiger charge is 2.10. The summed E-state index contributed by atoms with van der Waals surface area (Å²) >= 11 is 0. The van der Waals surface area contributed by atoms with Crippen molar-refractivity contribution in [2.45, 2.75) is 13.0 Å². The number of nitrogens with one attached hydrogen (secondary N) is 1. The number of phenols is 1. The Balaban J connectivity index is 1.76. The van der Waals surface area contributed by atoms with E-state index in [1.54, 1.807) is 24.3 Å². The molecule has 1 heterocycles. The van der Waals surface area contributed by atoms with Gasteiger partial charge in [0, 0.05) is 6.54 Å². The van der Waals surface area contributed by atoms with Gasteiger partial charge in [0.05, 0.1) is 6.20 Å². The minimum Gasteiger partial charge on any atom is -0.508 e. The van der Waals surface area contributed by atoms with Crippen LogP contribution in [-0.2, 0) is 17.8 Å². The molecule has 0 unspecified atom stereocenters. The predicted molar refractivity (Wildman–Crippen MR) is 71.8 cm³/mol. The molecule has 0 aliphatic carbocycles. The highest BCUT2D eigenvalue weighted by atomic mass is 16.4. The van der Waals surface area contributed by atoms with Crippen molar-refractivity contribution >= 4 is 11.9 Å². The van der Waals surface area contributed by atoms with Gasteiger partial charge in [-0.3, -0.25) is 4.79 Å². The first-order valence-corrected chi connectivity index (χ1v) is 6.22. The minimum absolute atomic E-state index is 0.0874. The summed E-state index contributed by atoms with van der Waals surface area (Å²) in [5.74, 6) is -1.27. The Kier molecular flexibility index (Phi) is 4.50. The van der Waals surface area contributed by atoms with E-state index in [1.165, 1.54) is 10.9 Å². The molecular weight excluding hydrogens is 276 g/mol. The number of aromatic carboxylic acids is 1. The smallest absolute Gasteiger partial charge is 0.358 e. The molecular formula is C13H14N4O4. The van der Waals surface area contributed by atoms with Gasteiger partial charge in [-0.05, 0) is 24.1 Å². The fourth-order valence-corrected chi connectivity index (χ4v) is 1.69. The van der Waals surface area contributed by atoms with E-state index in [0.717, 1.165) is 5.56 Å². The third-order valence-corrected chi connectivity index (χ3v) is 2.74. The lowest BCUT2D eigenvalue weighted by molar-refractivity contribution is -0.121. The van der Waals surface area contributed by atoms with Gasteiger partial charge in [0.25, 0.3) is 0 Å². The summed E-state index contributed by atoms with van der Waals surface area (Å²) in [6.07, 6.45) is 1.83. The normalized spacial score (nSPS) is 10.3. The van der Waals surface area contributed by atoms with Gasteiger partial charge in [-0.1, -0.05) is 17.3 Å². The summed E-state index contributed by atoms with van der Waals surface area (Å²) < 4.78 is 1.17. The van der Waals surface area contributed by atoms with Gasteiger partial charge in [-0.2, -0.15) is 0 Å². The third kappa shape index (κ3) is 4.30. The number of carboxylic acid groups (broad SMARTS) is 1. The van der Waals surface area contributed by atoms with Crippen LogP contribution in [0.3, 0.4) is 0 Å². The molecule has 2 aromatic rings. The molecule has 8 nitrogen and oxygen atoms in total. The van der Waals surface area contributed by atoms with Gasteiger partial charge in [0.15, 0.2) is 5.69 Å². The number of hydrogen-bond donors (Lipinski definition) is 3. The van der Waals surface area contributed by atoms with Crippen molar-refractivity contribution in [3.63, 3.8) is 0 Å². The van der Waals surface area contributed by atoms with Crippen molar-refractivity contribution in [2.75, 3.05) is 6.54 Å². The molecule has 0 radical (unpaired) electrons. The van der Waals surface area contributed by atoms with Crippen molar-refractivity contribution < 1.29 is 19.8 Å². The van der Waals surface area contributed by atoms with E-state index in [2.05, 4.69) is 15.6 Å².